The molecule has 0 bridgehead atoms. The molecule has 2 rings (SSSR count). The number of carbonyl (C=O) groups is 1. The van der Waals surface area contributed by atoms with Crippen LogP contribution in [0.15, 0.2) is 48.5 Å². The Hall–Kier alpha value is -1.51. The molecule has 7 heteroatoms. The molecule has 32 heavy (non-hydrogen) atoms. The highest BCUT2D eigenvalue weighted by atomic mass is 31.1. The summed E-state index contributed by atoms with van der Waals surface area (Å²) in [4.78, 5) is 12.6. The Balaban J connectivity index is 1.90. The van der Waals surface area contributed by atoms with Crippen LogP contribution >= 0.6 is 16.1 Å². The minimum Gasteiger partial charge on any atom is -0.316 e. The van der Waals surface area contributed by atoms with E-state index in [9.17, 15) is 13.9 Å². The first-order valence-electron chi connectivity index (χ1n) is 11.2. The third-order valence-electron chi connectivity index (χ3n) is 5.04. The van der Waals surface area contributed by atoms with Crippen molar-refractivity contribution >= 4 is 32.4 Å². The number of hydrogen-bond donors (Lipinski definition) is 0. The molecule has 2 aromatic carbocycles. The summed E-state index contributed by atoms with van der Waals surface area (Å²) in [6.07, 6.45) is 0.0571. The van der Waals surface area contributed by atoms with Gasteiger partial charge in [0.15, 0.2) is 5.78 Å². The van der Waals surface area contributed by atoms with Gasteiger partial charge in [-0.3, -0.25) is 13.9 Å². The first-order chi connectivity index (χ1) is 15.1. The van der Waals surface area contributed by atoms with Crippen LogP contribution in [0.5, 0.6) is 0 Å². The molecule has 0 heterocycles. The third kappa shape index (κ3) is 8.45. The molecule has 2 aromatic rings. The van der Waals surface area contributed by atoms with Gasteiger partial charge in [0, 0.05) is 10.6 Å². The third-order valence-corrected chi connectivity index (χ3v) is 7.78. The van der Waals surface area contributed by atoms with Crippen molar-refractivity contribution in [2.75, 3.05) is 0 Å². The summed E-state index contributed by atoms with van der Waals surface area (Å²) < 4.78 is 36.2. The predicted molar refractivity (Wildman–Crippen MR) is 133 cm³/mol. The number of Topliss-reactive ketones (excluding diaryl/α,β-unsaturated/α-hetero) is 1. The fourth-order valence-corrected chi connectivity index (χ4v) is 5.42. The lowest BCUT2D eigenvalue weighted by Crippen LogP contribution is -2.30. The molecule has 0 spiro atoms. The molecule has 0 aliphatic heterocycles. The van der Waals surface area contributed by atoms with Gasteiger partial charge in [0.05, 0.1) is 0 Å². The molecule has 0 saturated heterocycles. The van der Waals surface area contributed by atoms with Crippen molar-refractivity contribution in [3.05, 3.63) is 59.7 Å². The smallest absolute Gasteiger partial charge is 0.221 e. The van der Waals surface area contributed by atoms with E-state index in [1.807, 2.05) is 24.3 Å². The zero-order valence-electron chi connectivity index (χ0n) is 19.9. The van der Waals surface area contributed by atoms with Crippen LogP contribution in [0.4, 0.5) is 0 Å². The maximum atomic E-state index is 12.6. The molecule has 0 radical (unpaired) electrons. The van der Waals surface area contributed by atoms with E-state index in [1.54, 1.807) is 38.1 Å². The fourth-order valence-electron chi connectivity index (χ4n) is 3.40. The molecule has 176 valence electrons. The lowest BCUT2D eigenvalue weighted by atomic mass is 10.0. The van der Waals surface area contributed by atoms with Crippen LogP contribution in [0.1, 0.15) is 52.7 Å². The second kappa shape index (κ2) is 12.7. The normalized spacial score (nSPS) is 15.5. The van der Waals surface area contributed by atoms with Crippen LogP contribution < -0.4 is 10.6 Å². The molecule has 0 N–H and O–H groups in total. The molecular formula is C25H36O5P2. The first-order valence-corrected chi connectivity index (χ1v) is 13.8. The highest BCUT2D eigenvalue weighted by molar-refractivity contribution is 7.48. The van der Waals surface area contributed by atoms with Gasteiger partial charge in [-0.25, -0.2) is 0 Å². The monoisotopic (exact) mass is 478 g/mol. The fraction of sp³-hybridized carbons (Fsp3) is 0.480. The van der Waals surface area contributed by atoms with E-state index >= 15 is 0 Å². The summed E-state index contributed by atoms with van der Waals surface area (Å²) >= 11 is 0. The van der Waals surface area contributed by atoms with Gasteiger partial charge in [-0.2, -0.15) is 0 Å². The summed E-state index contributed by atoms with van der Waals surface area (Å²) in [7, 11) is -5.16. The quantitative estimate of drug-likeness (QED) is 0.384. The van der Waals surface area contributed by atoms with Gasteiger partial charge in [0.2, 0.25) is 16.1 Å². The highest BCUT2D eigenvalue weighted by Gasteiger charge is 2.25. The average Bonchev–Trinajstić information content (AvgIpc) is 2.73. The lowest BCUT2D eigenvalue weighted by molar-refractivity contribution is -0.130. The van der Waals surface area contributed by atoms with Crippen molar-refractivity contribution in [2.45, 2.75) is 66.6 Å². The summed E-state index contributed by atoms with van der Waals surface area (Å²) in [6, 6.07) is 14.9. The Morgan fingerprint density at radius 1 is 0.656 bits per heavy atom. The number of ketones is 1. The van der Waals surface area contributed by atoms with Gasteiger partial charge in [-0.15, -0.1) is 0 Å². The van der Waals surface area contributed by atoms with Crippen molar-refractivity contribution in [1.29, 1.82) is 0 Å². The van der Waals surface area contributed by atoms with Gasteiger partial charge >= 0.3 is 0 Å². The molecule has 0 aliphatic carbocycles. The minimum absolute atomic E-state index is 0.380. The van der Waals surface area contributed by atoms with Gasteiger partial charge in [0.1, 0.15) is 12.2 Å². The largest absolute Gasteiger partial charge is 0.316 e. The van der Waals surface area contributed by atoms with Gasteiger partial charge in [-0.1, -0.05) is 52.0 Å². The standard InChI is InChI=1S/C25H36O5P2/c1-17(2)15-21-7-11-23(12-8-21)31(27)29-19(5)25(26)20(6)30-32(28)24-13-9-22(10-14-24)16-18(3)4/h7-14,17-20,31-32H,15-16H2,1-6H3. The Kier molecular flexibility index (Phi) is 10.6. The van der Waals surface area contributed by atoms with E-state index in [1.165, 1.54) is 11.1 Å². The van der Waals surface area contributed by atoms with Gasteiger partial charge in [0.25, 0.3) is 0 Å². The molecule has 0 amide bonds. The van der Waals surface area contributed by atoms with Crippen molar-refractivity contribution in [1.82, 2.24) is 0 Å². The van der Waals surface area contributed by atoms with E-state index in [0.29, 0.717) is 22.4 Å². The van der Waals surface area contributed by atoms with Crippen LogP contribution in [0.2, 0.25) is 0 Å². The van der Waals surface area contributed by atoms with Crippen LogP contribution in [0.25, 0.3) is 0 Å². The van der Waals surface area contributed by atoms with E-state index in [4.69, 9.17) is 9.05 Å². The van der Waals surface area contributed by atoms with Crippen LogP contribution in [-0.2, 0) is 35.8 Å². The zero-order valence-corrected chi connectivity index (χ0v) is 21.9. The number of carbonyl (C=O) groups excluding carboxylic acids is 1. The maximum absolute atomic E-state index is 12.6. The zero-order chi connectivity index (χ0) is 23.8. The number of hydrogen-bond acceptors (Lipinski definition) is 5. The van der Waals surface area contributed by atoms with E-state index < -0.39 is 28.3 Å². The lowest BCUT2D eigenvalue weighted by Gasteiger charge is -2.17. The molecule has 0 saturated carbocycles. The Bertz CT molecular complexity index is 845. The Morgan fingerprint density at radius 3 is 1.25 bits per heavy atom. The average molecular weight is 479 g/mol. The predicted octanol–water partition coefficient (Wildman–Crippen LogP) is 5.36. The second-order valence-corrected chi connectivity index (χ2v) is 11.9. The summed E-state index contributed by atoms with van der Waals surface area (Å²) in [5.41, 5.74) is 2.35. The molecule has 5 nitrogen and oxygen atoms in total. The number of rotatable bonds is 12. The molecule has 0 aromatic heterocycles. The SMILES string of the molecule is CC(C)Cc1ccc([PH](=O)OC(C)C(=O)C(C)O[PH](=O)c2ccc(CC(C)C)cc2)cc1. The van der Waals surface area contributed by atoms with Crippen LogP contribution in [0.3, 0.4) is 0 Å². The Morgan fingerprint density at radius 2 is 0.969 bits per heavy atom. The maximum Gasteiger partial charge on any atom is 0.221 e. The Labute approximate surface area is 193 Å². The highest BCUT2D eigenvalue weighted by Crippen LogP contribution is 2.28. The molecule has 4 unspecified atom stereocenters. The van der Waals surface area contributed by atoms with Crippen LogP contribution in [0, 0.1) is 11.8 Å². The van der Waals surface area contributed by atoms with Crippen molar-refractivity contribution in [3.8, 4) is 0 Å². The van der Waals surface area contributed by atoms with Gasteiger partial charge < -0.3 is 9.05 Å². The van der Waals surface area contributed by atoms with Gasteiger partial charge in [-0.05, 0) is 73.9 Å². The molecular weight excluding hydrogens is 442 g/mol. The van der Waals surface area contributed by atoms with Crippen molar-refractivity contribution < 1.29 is 23.0 Å². The first kappa shape index (κ1) is 26.7. The van der Waals surface area contributed by atoms with E-state index in [2.05, 4.69) is 27.7 Å². The van der Waals surface area contributed by atoms with Crippen molar-refractivity contribution in [2.24, 2.45) is 11.8 Å². The second-order valence-electron chi connectivity index (χ2n) is 9.09. The van der Waals surface area contributed by atoms with E-state index in [-0.39, 0.29) is 5.78 Å². The van der Waals surface area contributed by atoms with E-state index in [0.717, 1.165) is 12.8 Å². The summed E-state index contributed by atoms with van der Waals surface area (Å²) in [5.74, 6) is 0.701. The summed E-state index contributed by atoms with van der Waals surface area (Å²) in [6.45, 7) is 11.7. The molecule has 4 atom stereocenters. The molecule has 0 aliphatic rings. The van der Waals surface area contributed by atoms with Crippen molar-refractivity contribution in [3.63, 3.8) is 0 Å². The summed E-state index contributed by atoms with van der Waals surface area (Å²) in [5, 5.41) is 1.15. The minimum atomic E-state index is -2.58. The number of benzene rings is 2. The topological polar surface area (TPSA) is 69.7 Å². The molecule has 0 fully saturated rings. The van der Waals surface area contributed by atoms with Crippen LogP contribution in [-0.4, -0.2) is 18.0 Å².